The molecule has 4 aromatic rings. The van der Waals surface area contributed by atoms with Gasteiger partial charge in [-0.1, -0.05) is 19.9 Å². The Hall–Kier alpha value is -3.59. The number of hydrogen-bond donors (Lipinski definition) is 3. The minimum atomic E-state index is -0.0927. The molecular weight excluding hydrogens is 378 g/mol. The first-order chi connectivity index (χ1) is 14.4. The van der Waals surface area contributed by atoms with Gasteiger partial charge in [0.25, 0.3) is 0 Å². The van der Waals surface area contributed by atoms with Gasteiger partial charge < -0.3 is 21.2 Å². The molecule has 0 spiro atoms. The Bertz CT molecular complexity index is 1170. The van der Waals surface area contributed by atoms with Gasteiger partial charge in [-0.25, -0.2) is 4.98 Å². The molecule has 9 heteroatoms. The minimum absolute atomic E-state index is 0.0927. The van der Waals surface area contributed by atoms with Gasteiger partial charge >= 0.3 is 0 Å². The van der Waals surface area contributed by atoms with Gasteiger partial charge in [0.1, 0.15) is 5.82 Å². The van der Waals surface area contributed by atoms with Crippen molar-refractivity contribution in [2.45, 2.75) is 33.4 Å². The molecule has 30 heavy (non-hydrogen) atoms. The van der Waals surface area contributed by atoms with Crippen LogP contribution in [0, 0.1) is 12.8 Å². The average molecular weight is 403 g/mol. The van der Waals surface area contributed by atoms with Crippen LogP contribution in [0.2, 0.25) is 0 Å². The Kier molecular flexibility index (Phi) is 5.28. The average Bonchev–Trinajstić information content (AvgIpc) is 3.12. The van der Waals surface area contributed by atoms with Gasteiger partial charge in [-0.15, -0.1) is 0 Å². The van der Waals surface area contributed by atoms with Crippen molar-refractivity contribution in [1.82, 2.24) is 29.3 Å². The molecule has 0 radical (unpaired) electrons. The van der Waals surface area contributed by atoms with Crippen molar-refractivity contribution in [2.75, 3.05) is 11.1 Å². The summed E-state index contributed by atoms with van der Waals surface area (Å²) in [6, 6.07) is 7.78. The molecule has 0 fully saturated rings. The lowest BCUT2D eigenvalue weighted by molar-refractivity contribution is 0.531. The number of nitrogens with two attached hydrogens (primary N) is 2. The zero-order valence-electron chi connectivity index (χ0n) is 17.2. The molecule has 5 N–H and O–H groups in total. The number of nitrogens with one attached hydrogen (secondary N) is 1. The standard InChI is InChI=1S/C21H25N9/c1-12(2)18(17-7-4-14(8-22)9-25-17)26-21-28-19(27-20(23)29-21)15-5-6-16-10-24-13(3)30(16)11-15/h4-7,9-12,18H,8,22H2,1-3H3,(H3,23,26,27,28,29). The maximum atomic E-state index is 6.00. The Balaban J connectivity index is 1.67. The highest BCUT2D eigenvalue weighted by Gasteiger charge is 2.19. The summed E-state index contributed by atoms with van der Waals surface area (Å²) in [6.45, 7) is 6.62. The van der Waals surface area contributed by atoms with E-state index in [2.05, 4.69) is 44.1 Å². The third-order valence-electron chi connectivity index (χ3n) is 4.98. The van der Waals surface area contributed by atoms with Crippen molar-refractivity contribution in [3.63, 3.8) is 0 Å². The number of fused-ring (bicyclic) bond motifs is 1. The quantitative estimate of drug-likeness (QED) is 0.447. The highest BCUT2D eigenvalue weighted by atomic mass is 15.2. The number of nitrogen functional groups attached to an aromatic ring is 1. The second kappa shape index (κ2) is 8.03. The maximum Gasteiger partial charge on any atom is 0.228 e. The van der Waals surface area contributed by atoms with Gasteiger partial charge in [-0.3, -0.25) is 4.98 Å². The Labute approximate surface area is 174 Å². The molecule has 0 aliphatic rings. The molecule has 0 bridgehead atoms. The summed E-state index contributed by atoms with van der Waals surface area (Å²) in [4.78, 5) is 22.1. The first-order valence-electron chi connectivity index (χ1n) is 9.81. The predicted octanol–water partition coefficient (Wildman–Crippen LogP) is 2.74. The van der Waals surface area contributed by atoms with E-state index < -0.39 is 0 Å². The third-order valence-corrected chi connectivity index (χ3v) is 4.98. The van der Waals surface area contributed by atoms with Crippen molar-refractivity contribution in [3.05, 3.63) is 59.9 Å². The largest absolute Gasteiger partial charge is 0.368 e. The van der Waals surface area contributed by atoms with Crippen LogP contribution < -0.4 is 16.8 Å². The van der Waals surface area contributed by atoms with Crippen LogP contribution in [0.15, 0.2) is 42.9 Å². The molecule has 0 aromatic carbocycles. The second-order valence-corrected chi connectivity index (χ2v) is 7.52. The molecule has 0 saturated carbocycles. The smallest absolute Gasteiger partial charge is 0.228 e. The monoisotopic (exact) mass is 403 g/mol. The lowest BCUT2D eigenvalue weighted by Crippen LogP contribution is -2.20. The van der Waals surface area contributed by atoms with Crippen LogP contribution in [0.3, 0.4) is 0 Å². The van der Waals surface area contributed by atoms with Crippen LogP contribution in [0.1, 0.15) is 37.0 Å². The fourth-order valence-electron chi connectivity index (χ4n) is 3.30. The van der Waals surface area contributed by atoms with Crippen LogP contribution in [-0.4, -0.2) is 29.3 Å². The molecule has 1 atom stereocenters. The lowest BCUT2D eigenvalue weighted by Gasteiger charge is -2.22. The number of pyridine rings is 2. The molecule has 154 valence electrons. The zero-order chi connectivity index (χ0) is 21.3. The van der Waals surface area contributed by atoms with Gasteiger partial charge in [-0.05, 0) is 36.6 Å². The topological polar surface area (TPSA) is 133 Å². The van der Waals surface area contributed by atoms with Crippen LogP contribution in [0.25, 0.3) is 16.9 Å². The number of imidazole rings is 1. The predicted molar refractivity (Wildman–Crippen MR) is 116 cm³/mol. The van der Waals surface area contributed by atoms with Crippen molar-refractivity contribution >= 4 is 17.4 Å². The van der Waals surface area contributed by atoms with E-state index in [0.29, 0.717) is 18.3 Å². The summed E-state index contributed by atoms with van der Waals surface area (Å²) in [5.41, 5.74) is 15.4. The van der Waals surface area contributed by atoms with Crippen molar-refractivity contribution in [1.29, 1.82) is 0 Å². The summed E-state index contributed by atoms with van der Waals surface area (Å²) in [5.74, 6) is 2.18. The number of aromatic nitrogens is 6. The van der Waals surface area contributed by atoms with Gasteiger partial charge in [0.15, 0.2) is 5.82 Å². The Morgan fingerprint density at radius 2 is 1.87 bits per heavy atom. The molecule has 0 saturated heterocycles. The first kappa shape index (κ1) is 19.7. The minimum Gasteiger partial charge on any atom is -0.368 e. The van der Waals surface area contributed by atoms with Crippen LogP contribution in [-0.2, 0) is 6.54 Å². The van der Waals surface area contributed by atoms with Crippen LogP contribution >= 0.6 is 0 Å². The Morgan fingerprint density at radius 1 is 1.03 bits per heavy atom. The molecular formula is C21H25N9. The number of nitrogens with zero attached hydrogens (tertiary/aromatic N) is 6. The number of anilines is 2. The molecule has 4 aromatic heterocycles. The highest BCUT2D eigenvalue weighted by molar-refractivity contribution is 5.61. The van der Waals surface area contributed by atoms with E-state index in [0.717, 1.165) is 28.2 Å². The van der Waals surface area contributed by atoms with Crippen molar-refractivity contribution in [2.24, 2.45) is 11.7 Å². The molecule has 0 aliphatic carbocycles. The summed E-state index contributed by atoms with van der Waals surface area (Å²) in [6.07, 6.45) is 5.57. The second-order valence-electron chi connectivity index (χ2n) is 7.52. The lowest BCUT2D eigenvalue weighted by atomic mass is 10.00. The van der Waals surface area contributed by atoms with Gasteiger partial charge in [0, 0.05) is 24.5 Å². The van der Waals surface area contributed by atoms with Gasteiger partial charge in [0.05, 0.1) is 23.4 Å². The van der Waals surface area contributed by atoms with Gasteiger partial charge in [-0.2, -0.15) is 15.0 Å². The van der Waals surface area contributed by atoms with E-state index in [1.54, 1.807) is 6.20 Å². The summed E-state index contributed by atoms with van der Waals surface area (Å²) < 4.78 is 1.99. The van der Waals surface area contributed by atoms with Crippen LogP contribution in [0.4, 0.5) is 11.9 Å². The summed E-state index contributed by atoms with van der Waals surface area (Å²) in [5, 5.41) is 3.37. The Morgan fingerprint density at radius 3 is 2.57 bits per heavy atom. The van der Waals surface area contributed by atoms with E-state index in [9.17, 15) is 0 Å². The zero-order valence-corrected chi connectivity index (χ0v) is 17.2. The van der Waals surface area contributed by atoms with E-state index in [4.69, 9.17) is 11.5 Å². The SMILES string of the molecule is Cc1ncc2ccc(-c3nc(N)nc(NC(c4ccc(CN)cn4)C(C)C)n3)cn12. The first-order valence-corrected chi connectivity index (χ1v) is 9.81. The molecule has 9 nitrogen and oxygen atoms in total. The third kappa shape index (κ3) is 3.92. The summed E-state index contributed by atoms with van der Waals surface area (Å²) in [7, 11) is 0. The van der Waals surface area contributed by atoms with E-state index in [1.807, 2.05) is 48.0 Å². The van der Waals surface area contributed by atoms with E-state index in [1.165, 1.54) is 0 Å². The molecule has 4 rings (SSSR count). The van der Waals surface area contributed by atoms with Gasteiger partial charge in [0.2, 0.25) is 11.9 Å². The number of hydrogen-bond acceptors (Lipinski definition) is 8. The highest BCUT2D eigenvalue weighted by Crippen LogP contribution is 2.25. The van der Waals surface area contributed by atoms with Crippen molar-refractivity contribution < 1.29 is 0 Å². The van der Waals surface area contributed by atoms with E-state index in [-0.39, 0.29) is 17.9 Å². The number of aryl methyl sites for hydroxylation is 1. The molecule has 4 heterocycles. The molecule has 1 unspecified atom stereocenters. The fraction of sp³-hybridized carbons (Fsp3) is 0.286. The number of rotatable bonds is 6. The molecule has 0 amide bonds. The van der Waals surface area contributed by atoms with E-state index >= 15 is 0 Å². The normalized spacial score (nSPS) is 12.4. The maximum absolute atomic E-state index is 6.00. The van der Waals surface area contributed by atoms with Crippen molar-refractivity contribution in [3.8, 4) is 11.4 Å². The fourth-order valence-corrected chi connectivity index (χ4v) is 3.30. The molecule has 0 aliphatic heterocycles. The summed E-state index contributed by atoms with van der Waals surface area (Å²) >= 11 is 0. The van der Waals surface area contributed by atoms with Crippen LogP contribution in [0.5, 0.6) is 0 Å².